The van der Waals surface area contributed by atoms with Crippen molar-refractivity contribution in [3.8, 4) is 11.3 Å². The van der Waals surface area contributed by atoms with E-state index in [9.17, 15) is 0 Å². The highest BCUT2D eigenvalue weighted by Gasteiger charge is 2.04. The van der Waals surface area contributed by atoms with Gasteiger partial charge in [-0.15, -0.1) is 0 Å². The van der Waals surface area contributed by atoms with Gasteiger partial charge in [0.25, 0.3) is 0 Å². The van der Waals surface area contributed by atoms with Crippen LogP contribution in [0.3, 0.4) is 0 Å². The van der Waals surface area contributed by atoms with Crippen molar-refractivity contribution in [2.75, 3.05) is 5.73 Å². The first kappa shape index (κ1) is 8.38. The van der Waals surface area contributed by atoms with E-state index in [4.69, 9.17) is 10.2 Å². The van der Waals surface area contributed by atoms with E-state index in [1.807, 2.05) is 30.3 Å². The first-order valence-corrected chi connectivity index (χ1v) is 4.65. The minimum Gasteiger partial charge on any atom is -0.464 e. The Morgan fingerprint density at radius 3 is 2.69 bits per heavy atom. The average Bonchev–Trinajstić information content (AvgIpc) is 2.56. The predicted molar refractivity (Wildman–Crippen MR) is 56.3 cm³/mol. The molecule has 66 valence electrons. The highest BCUT2D eigenvalue weighted by Crippen LogP contribution is 2.29. The van der Waals surface area contributed by atoms with Crippen molar-refractivity contribution >= 4 is 21.6 Å². The number of hydrogen-bond acceptors (Lipinski definition) is 2. The van der Waals surface area contributed by atoms with E-state index in [-0.39, 0.29) is 0 Å². The van der Waals surface area contributed by atoms with E-state index in [0.29, 0.717) is 0 Å². The Balaban J connectivity index is 2.53. The molecule has 2 N–H and O–H groups in total. The third-order valence-corrected chi connectivity index (χ3v) is 2.44. The minimum absolute atomic E-state index is 0.738. The molecule has 1 heterocycles. The maximum absolute atomic E-state index is 5.62. The van der Waals surface area contributed by atoms with Gasteiger partial charge in [-0.3, -0.25) is 0 Å². The number of anilines is 1. The third-order valence-electron chi connectivity index (χ3n) is 1.78. The topological polar surface area (TPSA) is 39.2 Å². The average molecular weight is 238 g/mol. The first-order valence-electron chi connectivity index (χ1n) is 3.86. The summed E-state index contributed by atoms with van der Waals surface area (Å²) < 4.78 is 6.22. The molecular formula is C10H8BrNO. The second kappa shape index (κ2) is 3.26. The Morgan fingerprint density at radius 2 is 2.08 bits per heavy atom. The Labute approximate surface area is 84.5 Å². The van der Waals surface area contributed by atoms with Gasteiger partial charge in [-0.05, 0) is 46.3 Å². The number of benzene rings is 1. The smallest absolute Gasteiger partial charge is 0.134 e. The fourth-order valence-electron chi connectivity index (χ4n) is 1.16. The van der Waals surface area contributed by atoms with Crippen molar-refractivity contribution in [3.05, 3.63) is 41.1 Å². The van der Waals surface area contributed by atoms with E-state index in [1.54, 1.807) is 6.26 Å². The lowest BCUT2D eigenvalue weighted by Gasteiger charge is -2.01. The van der Waals surface area contributed by atoms with Crippen LogP contribution in [0.15, 0.2) is 45.5 Å². The van der Waals surface area contributed by atoms with E-state index in [1.165, 1.54) is 0 Å². The number of nitrogen functional groups attached to an aromatic ring is 1. The molecule has 0 spiro atoms. The fraction of sp³-hybridized carbons (Fsp3) is 0. The van der Waals surface area contributed by atoms with Gasteiger partial charge >= 0.3 is 0 Å². The summed E-state index contributed by atoms with van der Waals surface area (Å²) in [6.45, 7) is 0. The van der Waals surface area contributed by atoms with Crippen molar-refractivity contribution in [2.24, 2.45) is 0 Å². The molecule has 0 bridgehead atoms. The molecule has 0 atom stereocenters. The van der Waals surface area contributed by atoms with Crippen LogP contribution in [0.5, 0.6) is 0 Å². The highest BCUT2D eigenvalue weighted by atomic mass is 79.9. The first-order chi connectivity index (χ1) is 6.27. The lowest BCUT2D eigenvalue weighted by atomic mass is 10.1. The molecule has 0 saturated heterocycles. The molecule has 2 rings (SSSR count). The molecule has 1 aromatic carbocycles. The lowest BCUT2D eigenvalue weighted by Crippen LogP contribution is -1.84. The van der Waals surface area contributed by atoms with Gasteiger partial charge in [0.1, 0.15) is 5.76 Å². The second-order valence-corrected chi connectivity index (χ2v) is 3.57. The Bertz CT molecular complexity index is 409. The Hall–Kier alpha value is -1.22. The molecule has 0 aliphatic carbocycles. The fourth-order valence-corrected chi connectivity index (χ4v) is 1.75. The van der Waals surface area contributed by atoms with Gasteiger partial charge in [0.05, 0.1) is 6.26 Å². The molecular weight excluding hydrogens is 230 g/mol. The summed E-state index contributed by atoms with van der Waals surface area (Å²) in [4.78, 5) is 0. The summed E-state index contributed by atoms with van der Waals surface area (Å²) in [5, 5.41) is 0. The number of hydrogen-bond donors (Lipinski definition) is 1. The normalized spacial score (nSPS) is 10.2. The largest absolute Gasteiger partial charge is 0.464 e. The van der Waals surface area contributed by atoms with E-state index < -0.39 is 0 Å². The quantitative estimate of drug-likeness (QED) is 0.774. The van der Waals surface area contributed by atoms with Gasteiger partial charge in [0.2, 0.25) is 0 Å². The van der Waals surface area contributed by atoms with Crippen LogP contribution < -0.4 is 5.73 Å². The van der Waals surface area contributed by atoms with Crippen LogP contribution in [-0.2, 0) is 0 Å². The molecule has 0 amide bonds. The van der Waals surface area contributed by atoms with Crippen LogP contribution in [0, 0.1) is 0 Å². The van der Waals surface area contributed by atoms with Crippen LogP contribution in [0.1, 0.15) is 0 Å². The van der Waals surface area contributed by atoms with Gasteiger partial charge in [0, 0.05) is 15.7 Å². The number of halogens is 1. The minimum atomic E-state index is 0.738. The standard InChI is InChI=1S/C10H8BrNO/c11-9-6-7(12)3-4-8(9)10-2-1-5-13-10/h1-6H,12H2. The van der Waals surface area contributed by atoms with E-state index >= 15 is 0 Å². The number of rotatable bonds is 1. The number of nitrogens with two attached hydrogens (primary N) is 1. The van der Waals surface area contributed by atoms with Crippen LogP contribution >= 0.6 is 15.9 Å². The zero-order valence-corrected chi connectivity index (χ0v) is 8.41. The molecule has 2 aromatic rings. The molecule has 1 aromatic heterocycles. The van der Waals surface area contributed by atoms with Gasteiger partial charge < -0.3 is 10.2 Å². The summed E-state index contributed by atoms with van der Waals surface area (Å²) in [6.07, 6.45) is 1.65. The van der Waals surface area contributed by atoms with Gasteiger partial charge in [-0.2, -0.15) is 0 Å². The second-order valence-electron chi connectivity index (χ2n) is 2.72. The molecule has 0 radical (unpaired) electrons. The van der Waals surface area contributed by atoms with Crippen LogP contribution in [0.2, 0.25) is 0 Å². The number of furan rings is 1. The van der Waals surface area contributed by atoms with Crippen molar-refractivity contribution in [3.63, 3.8) is 0 Å². The summed E-state index contributed by atoms with van der Waals surface area (Å²) in [5.74, 6) is 0.840. The highest BCUT2D eigenvalue weighted by molar-refractivity contribution is 9.10. The zero-order valence-electron chi connectivity index (χ0n) is 6.83. The molecule has 0 aliphatic heterocycles. The lowest BCUT2D eigenvalue weighted by molar-refractivity contribution is 0.582. The Kier molecular flexibility index (Phi) is 2.10. The van der Waals surface area contributed by atoms with Crippen LogP contribution in [0.25, 0.3) is 11.3 Å². The molecule has 0 saturated carbocycles. The molecule has 0 unspecified atom stereocenters. The van der Waals surface area contributed by atoms with Gasteiger partial charge in [-0.1, -0.05) is 0 Å². The zero-order chi connectivity index (χ0) is 9.26. The van der Waals surface area contributed by atoms with Crippen LogP contribution in [-0.4, -0.2) is 0 Å². The van der Waals surface area contributed by atoms with Crippen molar-refractivity contribution < 1.29 is 4.42 Å². The van der Waals surface area contributed by atoms with Gasteiger partial charge in [0.15, 0.2) is 0 Å². The van der Waals surface area contributed by atoms with Crippen molar-refractivity contribution in [1.29, 1.82) is 0 Å². The molecule has 13 heavy (non-hydrogen) atoms. The third kappa shape index (κ3) is 1.60. The summed E-state index contributed by atoms with van der Waals surface area (Å²) in [6, 6.07) is 9.41. The molecule has 0 aliphatic rings. The van der Waals surface area contributed by atoms with E-state index in [2.05, 4.69) is 15.9 Å². The summed E-state index contributed by atoms with van der Waals surface area (Å²) >= 11 is 3.43. The molecule has 3 heteroatoms. The van der Waals surface area contributed by atoms with Crippen LogP contribution in [0.4, 0.5) is 5.69 Å². The SMILES string of the molecule is Nc1ccc(-c2ccco2)c(Br)c1. The van der Waals surface area contributed by atoms with Crippen molar-refractivity contribution in [1.82, 2.24) is 0 Å². The maximum Gasteiger partial charge on any atom is 0.134 e. The monoisotopic (exact) mass is 237 g/mol. The predicted octanol–water partition coefficient (Wildman–Crippen LogP) is 3.29. The summed E-state index contributed by atoms with van der Waals surface area (Å²) in [7, 11) is 0. The molecule has 0 fully saturated rings. The van der Waals surface area contributed by atoms with E-state index in [0.717, 1.165) is 21.5 Å². The molecule has 2 nitrogen and oxygen atoms in total. The van der Waals surface area contributed by atoms with Gasteiger partial charge in [-0.25, -0.2) is 0 Å². The maximum atomic E-state index is 5.62. The van der Waals surface area contributed by atoms with Crippen molar-refractivity contribution in [2.45, 2.75) is 0 Å². The Morgan fingerprint density at radius 1 is 1.23 bits per heavy atom. The summed E-state index contributed by atoms with van der Waals surface area (Å²) in [5.41, 5.74) is 7.37.